The minimum atomic E-state index is 0.281. The summed E-state index contributed by atoms with van der Waals surface area (Å²) in [7, 11) is 0. The maximum Gasteiger partial charge on any atom is 0.0153 e. The second-order valence-corrected chi connectivity index (χ2v) is 2.60. The van der Waals surface area contributed by atoms with Crippen molar-refractivity contribution in [1.29, 1.82) is 0 Å². The van der Waals surface area contributed by atoms with Gasteiger partial charge in [-0.05, 0) is 5.92 Å². The average molecular weight is 133 g/mol. The van der Waals surface area contributed by atoms with Crippen LogP contribution in [0.15, 0.2) is 0 Å². The van der Waals surface area contributed by atoms with Crippen molar-refractivity contribution < 1.29 is 0 Å². The normalized spacial score (nSPS) is 18.0. The van der Waals surface area contributed by atoms with Gasteiger partial charge in [-0.2, -0.15) is 12.6 Å². The Morgan fingerprint density at radius 1 is 1.62 bits per heavy atom. The first-order chi connectivity index (χ1) is 3.72. The van der Waals surface area contributed by atoms with E-state index >= 15 is 0 Å². The van der Waals surface area contributed by atoms with E-state index in [0.717, 1.165) is 12.2 Å². The van der Waals surface area contributed by atoms with Crippen molar-refractivity contribution in [3.8, 4) is 0 Å². The molecule has 2 N–H and O–H groups in total. The van der Waals surface area contributed by atoms with Gasteiger partial charge in [0.2, 0.25) is 0 Å². The van der Waals surface area contributed by atoms with Crippen LogP contribution in [0.2, 0.25) is 0 Å². The van der Waals surface area contributed by atoms with Gasteiger partial charge in [0.1, 0.15) is 0 Å². The monoisotopic (exact) mass is 133 g/mol. The molecule has 0 saturated carbocycles. The van der Waals surface area contributed by atoms with E-state index in [1.54, 1.807) is 0 Å². The molecule has 50 valence electrons. The van der Waals surface area contributed by atoms with E-state index in [2.05, 4.69) is 26.5 Å². The second-order valence-electron chi connectivity index (χ2n) is 2.23. The lowest BCUT2D eigenvalue weighted by atomic mass is 10.0. The largest absolute Gasteiger partial charge is 0.327 e. The Kier molecular flexibility index (Phi) is 4.38. The van der Waals surface area contributed by atoms with Gasteiger partial charge in [0.05, 0.1) is 0 Å². The van der Waals surface area contributed by atoms with E-state index in [4.69, 9.17) is 5.73 Å². The number of thiol groups is 1. The molecule has 0 aliphatic rings. The van der Waals surface area contributed by atoms with Crippen LogP contribution in [0, 0.1) is 5.92 Å². The number of hydrogen-bond donors (Lipinski definition) is 2. The minimum Gasteiger partial charge on any atom is -0.327 e. The summed E-state index contributed by atoms with van der Waals surface area (Å²) in [6.07, 6.45) is 1.15. The van der Waals surface area contributed by atoms with E-state index in [1.165, 1.54) is 0 Å². The van der Waals surface area contributed by atoms with Crippen molar-refractivity contribution in [2.24, 2.45) is 11.7 Å². The molecule has 0 aromatic heterocycles. The Morgan fingerprint density at radius 3 is 2.25 bits per heavy atom. The van der Waals surface area contributed by atoms with Gasteiger partial charge in [-0.15, -0.1) is 0 Å². The van der Waals surface area contributed by atoms with Gasteiger partial charge in [-0.1, -0.05) is 20.3 Å². The summed E-state index contributed by atoms with van der Waals surface area (Å²) in [5.74, 6) is 1.42. The summed E-state index contributed by atoms with van der Waals surface area (Å²) < 4.78 is 0. The van der Waals surface area contributed by atoms with Gasteiger partial charge >= 0.3 is 0 Å². The maximum atomic E-state index is 5.65. The molecule has 1 unspecified atom stereocenters. The molecule has 0 radical (unpaired) electrons. The van der Waals surface area contributed by atoms with Crippen LogP contribution < -0.4 is 5.73 Å². The van der Waals surface area contributed by atoms with Gasteiger partial charge in [-0.3, -0.25) is 0 Å². The fourth-order valence-corrected chi connectivity index (χ4v) is 0.843. The standard InChI is InChI=1S/C6H15NS/c1-3-5(2)6(7)4-8/h5-6,8H,3-4,7H2,1-2H3/t5-,6?/m1/s1. The Labute approximate surface area is 57.1 Å². The highest BCUT2D eigenvalue weighted by Crippen LogP contribution is 2.05. The minimum absolute atomic E-state index is 0.281. The van der Waals surface area contributed by atoms with E-state index < -0.39 is 0 Å². The van der Waals surface area contributed by atoms with Crippen LogP contribution in [-0.2, 0) is 0 Å². The lowest BCUT2D eigenvalue weighted by Gasteiger charge is -2.14. The molecule has 0 spiro atoms. The summed E-state index contributed by atoms with van der Waals surface area (Å²) in [4.78, 5) is 0. The average Bonchev–Trinajstić information content (AvgIpc) is 1.84. The summed E-state index contributed by atoms with van der Waals surface area (Å²) in [6.45, 7) is 4.30. The fourth-order valence-electron chi connectivity index (χ4n) is 0.483. The first-order valence-electron chi connectivity index (χ1n) is 3.08. The third-order valence-electron chi connectivity index (χ3n) is 1.59. The van der Waals surface area contributed by atoms with Crippen LogP contribution in [-0.4, -0.2) is 11.8 Å². The highest BCUT2D eigenvalue weighted by molar-refractivity contribution is 7.80. The first-order valence-corrected chi connectivity index (χ1v) is 3.72. The summed E-state index contributed by atoms with van der Waals surface area (Å²) in [5.41, 5.74) is 5.65. The number of hydrogen-bond acceptors (Lipinski definition) is 2. The molecular formula is C6H15NS. The highest BCUT2D eigenvalue weighted by Gasteiger charge is 2.06. The van der Waals surface area contributed by atoms with Gasteiger partial charge in [0, 0.05) is 11.8 Å². The highest BCUT2D eigenvalue weighted by atomic mass is 32.1. The van der Waals surface area contributed by atoms with Crippen molar-refractivity contribution in [2.75, 3.05) is 5.75 Å². The van der Waals surface area contributed by atoms with Crippen molar-refractivity contribution >= 4 is 12.6 Å². The summed E-state index contributed by atoms with van der Waals surface area (Å²) in [6, 6.07) is 0.281. The van der Waals surface area contributed by atoms with Crippen LogP contribution in [0.25, 0.3) is 0 Å². The lowest BCUT2D eigenvalue weighted by Crippen LogP contribution is -2.29. The molecule has 0 rings (SSSR count). The van der Waals surface area contributed by atoms with Crippen molar-refractivity contribution in [1.82, 2.24) is 0 Å². The third kappa shape index (κ3) is 2.58. The lowest BCUT2D eigenvalue weighted by molar-refractivity contribution is 0.476. The van der Waals surface area contributed by atoms with E-state index in [0.29, 0.717) is 5.92 Å². The first kappa shape index (κ1) is 8.31. The third-order valence-corrected chi connectivity index (χ3v) is 2.01. The predicted octanol–water partition coefficient (Wildman–Crippen LogP) is 1.29. The summed E-state index contributed by atoms with van der Waals surface area (Å²) in [5, 5.41) is 0. The molecule has 0 heterocycles. The van der Waals surface area contributed by atoms with Gasteiger partial charge < -0.3 is 5.73 Å². The van der Waals surface area contributed by atoms with Crippen LogP contribution in [0.3, 0.4) is 0 Å². The van der Waals surface area contributed by atoms with Gasteiger partial charge in [0.15, 0.2) is 0 Å². The molecule has 0 aromatic carbocycles. The van der Waals surface area contributed by atoms with Crippen molar-refractivity contribution in [3.63, 3.8) is 0 Å². The molecular weight excluding hydrogens is 118 g/mol. The molecule has 2 heteroatoms. The molecule has 1 nitrogen and oxygen atoms in total. The van der Waals surface area contributed by atoms with Crippen LogP contribution in [0.1, 0.15) is 20.3 Å². The van der Waals surface area contributed by atoms with Gasteiger partial charge in [0.25, 0.3) is 0 Å². The Hall–Kier alpha value is 0.310. The molecule has 0 fully saturated rings. The molecule has 0 aliphatic heterocycles. The Balaban J connectivity index is 3.29. The fraction of sp³-hybridized carbons (Fsp3) is 1.00. The molecule has 0 aliphatic carbocycles. The zero-order valence-electron chi connectivity index (χ0n) is 5.59. The quantitative estimate of drug-likeness (QED) is 0.557. The molecule has 0 saturated heterocycles. The smallest absolute Gasteiger partial charge is 0.0153 e. The second kappa shape index (κ2) is 4.21. The van der Waals surface area contributed by atoms with E-state index in [1.807, 2.05) is 0 Å². The van der Waals surface area contributed by atoms with Crippen LogP contribution >= 0.6 is 12.6 Å². The molecule has 2 atom stereocenters. The van der Waals surface area contributed by atoms with Gasteiger partial charge in [-0.25, -0.2) is 0 Å². The van der Waals surface area contributed by atoms with Crippen LogP contribution in [0.4, 0.5) is 0 Å². The zero-order chi connectivity index (χ0) is 6.57. The topological polar surface area (TPSA) is 26.0 Å². The van der Waals surface area contributed by atoms with E-state index in [-0.39, 0.29) is 6.04 Å². The van der Waals surface area contributed by atoms with Crippen LogP contribution in [0.5, 0.6) is 0 Å². The molecule has 0 amide bonds. The predicted molar refractivity (Wildman–Crippen MR) is 41.3 cm³/mol. The van der Waals surface area contributed by atoms with E-state index in [9.17, 15) is 0 Å². The number of nitrogens with two attached hydrogens (primary N) is 1. The molecule has 0 bridgehead atoms. The number of rotatable bonds is 3. The Morgan fingerprint density at radius 2 is 2.12 bits per heavy atom. The van der Waals surface area contributed by atoms with Crippen molar-refractivity contribution in [3.05, 3.63) is 0 Å². The van der Waals surface area contributed by atoms with Crippen molar-refractivity contribution in [2.45, 2.75) is 26.3 Å². The zero-order valence-corrected chi connectivity index (χ0v) is 6.49. The summed E-state index contributed by atoms with van der Waals surface area (Å²) >= 11 is 4.08. The Bertz CT molecular complexity index is 48.5. The maximum absolute atomic E-state index is 5.65. The molecule has 0 aromatic rings. The molecule has 8 heavy (non-hydrogen) atoms. The SMILES string of the molecule is CC[C@@H](C)C(N)CS.